The highest BCUT2D eigenvalue weighted by atomic mass is 16.5. The predicted octanol–water partition coefficient (Wildman–Crippen LogP) is 2.19. The number of ether oxygens (including phenoxy) is 1. The molecule has 0 spiro atoms. The predicted molar refractivity (Wildman–Crippen MR) is 55.9 cm³/mol. The van der Waals surface area contributed by atoms with Crippen molar-refractivity contribution >= 4 is 0 Å². The number of nitrogens with one attached hydrogen (secondary N) is 1. The minimum atomic E-state index is 0.544. The summed E-state index contributed by atoms with van der Waals surface area (Å²) in [5.74, 6) is 0.852. The van der Waals surface area contributed by atoms with E-state index in [1.807, 2.05) is 0 Å². The summed E-state index contributed by atoms with van der Waals surface area (Å²) >= 11 is 0. The zero-order chi connectivity index (χ0) is 9.52. The summed E-state index contributed by atoms with van der Waals surface area (Å²) in [5, 5.41) is 3.43. The van der Waals surface area contributed by atoms with Crippen LogP contribution in [0.1, 0.15) is 39.5 Å². The highest BCUT2D eigenvalue weighted by molar-refractivity contribution is 4.72. The lowest BCUT2D eigenvalue weighted by molar-refractivity contribution is -0.0129. The monoisotopic (exact) mass is 185 g/mol. The van der Waals surface area contributed by atoms with Crippen LogP contribution in [-0.2, 0) is 4.74 Å². The van der Waals surface area contributed by atoms with Crippen LogP contribution < -0.4 is 5.32 Å². The molecule has 1 saturated heterocycles. The van der Waals surface area contributed by atoms with E-state index in [0.717, 1.165) is 19.1 Å². The van der Waals surface area contributed by atoms with Crippen LogP contribution in [0.2, 0.25) is 0 Å². The molecule has 2 unspecified atom stereocenters. The van der Waals surface area contributed by atoms with E-state index in [2.05, 4.69) is 19.2 Å². The second kappa shape index (κ2) is 6.39. The first-order valence-electron chi connectivity index (χ1n) is 5.69. The molecule has 2 heteroatoms. The summed E-state index contributed by atoms with van der Waals surface area (Å²) in [4.78, 5) is 0. The van der Waals surface area contributed by atoms with Gasteiger partial charge in [0, 0.05) is 6.61 Å². The van der Waals surface area contributed by atoms with Gasteiger partial charge in [-0.15, -0.1) is 0 Å². The molecular formula is C11H23NO. The van der Waals surface area contributed by atoms with Crippen molar-refractivity contribution in [3.05, 3.63) is 0 Å². The van der Waals surface area contributed by atoms with Crippen LogP contribution in [0.4, 0.5) is 0 Å². The van der Waals surface area contributed by atoms with E-state index in [4.69, 9.17) is 4.74 Å². The molecule has 0 aromatic rings. The van der Waals surface area contributed by atoms with E-state index in [-0.39, 0.29) is 0 Å². The quantitative estimate of drug-likeness (QED) is 0.709. The Bertz CT molecular complexity index is 125. The molecule has 78 valence electrons. The SMILES string of the molecule is CCCC1CC(CNCC)CCO1. The van der Waals surface area contributed by atoms with Gasteiger partial charge in [-0.25, -0.2) is 0 Å². The van der Waals surface area contributed by atoms with Crippen LogP contribution in [0, 0.1) is 5.92 Å². The summed E-state index contributed by atoms with van der Waals surface area (Å²) in [6.45, 7) is 7.65. The molecule has 13 heavy (non-hydrogen) atoms. The Balaban J connectivity index is 2.16. The lowest BCUT2D eigenvalue weighted by atomic mass is 9.93. The average molecular weight is 185 g/mol. The van der Waals surface area contributed by atoms with Gasteiger partial charge in [0.2, 0.25) is 0 Å². The maximum Gasteiger partial charge on any atom is 0.0578 e. The Kier molecular flexibility index (Phi) is 5.40. The third-order valence-corrected chi connectivity index (χ3v) is 2.77. The minimum absolute atomic E-state index is 0.544. The summed E-state index contributed by atoms with van der Waals surface area (Å²) in [6.07, 6.45) is 5.54. The largest absolute Gasteiger partial charge is 0.378 e. The number of hydrogen-bond acceptors (Lipinski definition) is 2. The van der Waals surface area contributed by atoms with Gasteiger partial charge >= 0.3 is 0 Å². The van der Waals surface area contributed by atoms with E-state index in [1.165, 1.54) is 32.2 Å². The van der Waals surface area contributed by atoms with Gasteiger partial charge in [0.25, 0.3) is 0 Å². The van der Waals surface area contributed by atoms with Crippen LogP contribution in [-0.4, -0.2) is 25.8 Å². The summed E-state index contributed by atoms with van der Waals surface area (Å²) < 4.78 is 5.70. The molecule has 2 atom stereocenters. The maximum absolute atomic E-state index is 5.70. The topological polar surface area (TPSA) is 21.3 Å². The maximum atomic E-state index is 5.70. The van der Waals surface area contributed by atoms with Crippen molar-refractivity contribution < 1.29 is 4.74 Å². The van der Waals surface area contributed by atoms with Gasteiger partial charge in [-0.05, 0) is 38.3 Å². The summed E-state index contributed by atoms with van der Waals surface area (Å²) in [5.41, 5.74) is 0. The molecule has 1 heterocycles. The Morgan fingerprint density at radius 3 is 2.92 bits per heavy atom. The fourth-order valence-corrected chi connectivity index (χ4v) is 2.02. The van der Waals surface area contributed by atoms with Crippen molar-refractivity contribution in [2.45, 2.75) is 45.6 Å². The van der Waals surface area contributed by atoms with E-state index in [1.54, 1.807) is 0 Å². The normalized spacial score (nSPS) is 29.1. The molecule has 0 amide bonds. The van der Waals surface area contributed by atoms with E-state index >= 15 is 0 Å². The fourth-order valence-electron chi connectivity index (χ4n) is 2.02. The van der Waals surface area contributed by atoms with Crippen molar-refractivity contribution in [3.8, 4) is 0 Å². The Labute approximate surface area is 82.0 Å². The third kappa shape index (κ3) is 4.10. The molecule has 0 aromatic carbocycles. The van der Waals surface area contributed by atoms with Gasteiger partial charge in [-0.1, -0.05) is 20.3 Å². The van der Waals surface area contributed by atoms with Crippen LogP contribution in [0.5, 0.6) is 0 Å². The van der Waals surface area contributed by atoms with Crippen LogP contribution in [0.3, 0.4) is 0 Å². The van der Waals surface area contributed by atoms with Crippen LogP contribution in [0.25, 0.3) is 0 Å². The van der Waals surface area contributed by atoms with Gasteiger partial charge in [-0.2, -0.15) is 0 Å². The van der Waals surface area contributed by atoms with Gasteiger partial charge in [-0.3, -0.25) is 0 Å². The van der Waals surface area contributed by atoms with Gasteiger partial charge in [0.1, 0.15) is 0 Å². The Morgan fingerprint density at radius 1 is 1.38 bits per heavy atom. The van der Waals surface area contributed by atoms with Crippen molar-refractivity contribution in [1.82, 2.24) is 5.32 Å². The zero-order valence-electron chi connectivity index (χ0n) is 9.01. The molecule has 1 aliphatic rings. The molecule has 0 radical (unpaired) electrons. The van der Waals surface area contributed by atoms with Gasteiger partial charge in [0.15, 0.2) is 0 Å². The first kappa shape index (κ1) is 11.0. The van der Waals surface area contributed by atoms with Gasteiger partial charge < -0.3 is 10.1 Å². The second-order valence-corrected chi connectivity index (χ2v) is 3.98. The molecule has 1 N–H and O–H groups in total. The van der Waals surface area contributed by atoms with Crippen LogP contribution in [0.15, 0.2) is 0 Å². The lowest BCUT2D eigenvalue weighted by Crippen LogP contribution is -2.32. The second-order valence-electron chi connectivity index (χ2n) is 3.98. The Hall–Kier alpha value is -0.0800. The molecule has 0 saturated carbocycles. The van der Waals surface area contributed by atoms with Crippen LogP contribution >= 0.6 is 0 Å². The Morgan fingerprint density at radius 2 is 2.23 bits per heavy atom. The number of rotatable bonds is 5. The highest BCUT2D eigenvalue weighted by Gasteiger charge is 2.21. The smallest absolute Gasteiger partial charge is 0.0578 e. The molecule has 0 aromatic heterocycles. The molecule has 0 aliphatic carbocycles. The summed E-state index contributed by atoms with van der Waals surface area (Å²) in [7, 11) is 0. The molecule has 1 fully saturated rings. The number of hydrogen-bond donors (Lipinski definition) is 1. The van der Waals surface area contributed by atoms with Crippen molar-refractivity contribution in [2.75, 3.05) is 19.7 Å². The third-order valence-electron chi connectivity index (χ3n) is 2.77. The lowest BCUT2D eigenvalue weighted by Gasteiger charge is -2.29. The molecule has 2 nitrogen and oxygen atoms in total. The van der Waals surface area contributed by atoms with Crippen molar-refractivity contribution in [2.24, 2.45) is 5.92 Å². The zero-order valence-corrected chi connectivity index (χ0v) is 9.01. The van der Waals surface area contributed by atoms with E-state index < -0.39 is 0 Å². The summed E-state index contributed by atoms with van der Waals surface area (Å²) in [6, 6.07) is 0. The minimum Gasteiger partial charge on any atom is -0.378 e. The molecule has 0 bridgehead atoms. The first-order chi connectivity index (χ1) is 6.36. The first-order valence-corrected chi connectivity index (χ1v) is 5.69. The standard InChI is InChI=1S/C11H23NO/c1-3-5-11-8-10(6-7-13-11)9-12-4-2/h10-12H,3-9H2,1-2H3. The molecule has 1 aliphatic heterocycles. The van der Waals surface area contributed by atoms with E-state index in [9.17, 15) is 0 Å². The van der Waals surface area contributed by atoms with Gasteiger partial charge in [0.05, 0.1) is 6.10 Å². The van der Waals surface area contributed by atoms with Crippen molar-refractivity contribution in [3.63, 3.8) is 0 Å². The van der Waals surface area contributed by atoms with Crippen molar-refractivity contribution in [1.29, 1.82) is 0 Å². The fraction of sp³-hybridized carbons (Fsp3) is 1.00. The average Bonchev–Trinajstić information content (AvgIpc) is 2.16. The molecule has 1 rings (SSSR count). The highest BCUT2D eigenvalue weighted by Crippen LogP contribution is 2.22. The molecular weight excluding hydrogens is 162 g/mol. The van der Waals surface area contributed by atoms with E-state index in [0.29, 0.717) is 6.10 Å².